The van der Waals surface area contributed by atoms with E-state index in [0.717, 1.165) is 61.4 Å². The summed E-state index contributed by atoms with van der Waals surface area (Å²) in [5.74, 6) is 0.956. The van der Waals surface area contributed by atoms with E-state index in [1.54, 1.807) is 0 Å². The summed E-state index contributed by atoms with van der Waals surface area (Å²) in [4.78, 5) is 13.4. The SMILES string of the molecule is CC1C(c2ccccc2)=NC(c2cccc(-c3ccccc3)c2)=NC1c1cccc2oc3cc(N4c5cc(-c6ccccc6)ccc5C5C=CC(c6ccccc6)=CC54)ccc3c12. The summed E-state index contributed by atoms with van der Waals surface area (Å²) in [6, 6.07) is 71.2. The molecule has 300 valence electrons. The summed E-state index contributed by atoms with van der Waals surface area (Å²) in [5.41, 5.74) is 16.8. The number of nitrogens with zero attached hydrogens (tertiary/aromatic N) is 3. The standard InChI is InChI=1S/C59H43N3O/c1-38-57(42-22-12-5-13-23-42)60-59(46-25-14-24-43(34-46)39-16-6-2-7-17-39)61-58(38)51-26-15-27-54-56(51)50-33-30-47(37-55(50)63-54)62-52-35-44(40-18-8-3-9-19-40)28-31-48(52)49-32-29-45(36-53(49)62)41-20-10-4-11-21-41/h2-38,48,52,58H,1H3. The molecule has 0 radical (unpaired) electrons. The number of hydrogen-bond acceptors (Lipinski definition) is 4. The van der Waals surface area contributed by atoms with E-state index >= 15 is 0 Å². The number of allylic oxidation sites excluding steroid dienone is 2. The molecule has 0 spiro atoms. The van der Waals surface area contributed by atoms with E-state index in [1.807, 2.05) is 0 Å². The molecule has 12 rings (SSSR count). The lowest BCUT2D eigenvalue weighted by atomic mass is 9.84. The zero-order chi connectivity index (χ0) is 41.9. The normalized spacial score (nSPS) is 19.1. The molecule has 0 fully saturated rings. The summed E-state index contributed by atoms with van der Waals surface area (Å²) >= 11 is 0. The highest BCUT2D eigenvalue weighted by atomic mass is 16.3. The van der Waals surface area contributed by atoms with Crippen LogP contribution in [0.5, 0.6) is 0 Å². The van der Waals surface area contributed by atoms with Crippen LogP contribution in [0.1, 0.15) is 46.7 Å². The predicted molar refractivity (Wildman–Crippen MR) is 261 cm³/mol. The summed E-state index contributed by atoms with van der Waals surface area (Å²) in [6.07, 6.45) is 7.14. The molecule has 0 amide bonds. The van der Waals surface area contributed by atoms with E-state index in [2.05, 4.69) is 230 Å². The molecule has 0 saturated carbocycles. The van der Waals surface area contributed by atoms with Crippen molar-refractivity contribution >= 4 is 50.4 Å². The lowest BCUT2D eigenvalue weighted by molar-refractivity contribution is 0.595. The highest BCUT2D eigenvalue weighted by Crippen LogP contribution is 2.51. The molecular formula is C59H43N3O. The molecule has 3 aliphatic rings. The number of aliphatic imine (C=N–C) groups is 2. The van der Waals surface area contributed by atoms with Crippen molar-refractivity contribution in [3.63, 3.8) is 0 Å². The van der Waals surface area contributed by atoms with Crippen molar-refractivity contribution < 1.29 is 4.42 Å². The summed E-state index contributed by atoms with van der Waals surface area (Å²) in [7, 11) is 0. The molecule has 4 atom stereocenters. The number of furan rings is 1. The quantitative estimate of drug-likeness (QED) is 0.161. The number of anilines is 2. The molecule has 0 saturated heterocycles. The Morgan fingerprint density at radius 2 is 1.14 bits per heavy atom. The highest BCUT2D eigenvalue weighted by Gasteiger charge is 2.39. The minimum absolute atomic E-state index is 0.00470. The maximum absolute atomic E-state index is 6.88. The Labute approximate surface area is 367 Å². The Balaban J connectivity index is 0.988. The fraction of sp³-hybridized carbons (Fsp3) is 0.0847. The van der Waals surface area contributed by atoms with Gasteiger partial charge in [0.1, 0.15) is 11.2 Å². The van der Waals surface area contributed by atoms with Crippen molar-refractivity contribution in [3.05, 3.63) is 246 Å². The van der Waals surface area contributed by atoms with Gasteiger partial charge in [0.05, 0.1) is 17.8 Å². The lowest BCUT2D eigenvalue weighted by Crippen LogP contribution is -2.29. The van der Waals surface area contributed by atoms with Crippen LogP contribution < -0.4 is 4.90 Å². The van der Waals surface area contributed by atoms with E-state index in [0.29, 0.717) is 0 Å². The topological polar surface area (TPSA) is 41.1 Å². The van der Waals surface area contributed by atoms with Gasteiger partial charge in [-0.25, -0.2) is 4.99 Å². The van der Waals surface area contributed by atoms with Crippen LogP contribution in [0, 0.1) is 5.92 Å². The molecule has 0 bridgehead atoms. The third-order valence-corrected chi connectivity index (χ3v) is 13.2. The van der Waals surface area contributed by atoms with Crippen molar-refractivity contribution in [3.8, 4) is 22.3 Å². The van der Waals surface area contributed by atoms with E-state index in [-0.39, 0.29) is 23.9 Å². The summed E-state index contributed by atoms with van der Waals surface area (Å²) < 4.78 is 6.88. The number of benzene rings is 8. The first kappa shape index (κ1) is 37.0. The van der Waals surface area contributed by atoms with Crippen LogP contribution in [-0.4, -0.2) is 17.6 Å². The maximum Gasteiger partial charge on any atom is 0.155 e. The van der Waals surface area contributed by atoms with Crippen molar-refractivity contribution in [2.45, 2.75) is 24.9 Å². The van der Waals surface area contributed by atoms with Gasteiger partial charge >= 0.3 is 0 Å². The van der Waals surface area contributed by atoms with Crippen molar-refractivity contribution in [2.75, 3.05) is 4.90 Å². The van der Waals surface area contributed by atoms with Gasteiger partial charge < -0.3 is 9.32 Å². The second-order valence-corrected chi connectivity index (χ2v) is 16.9. The third kappa shape index (κ3) is 6.45. The first-order valence-corrected chi connectivity index (χ1v) is 21.9. The average molecular weight is 810 g/mol. The molecule has 4 unspecified atom stereocenters. The van der Waals surface area contributed by atoms with Crippen LogP contribution >= 0.6 is 0 Å². The second-order valence-electron chi connectivity index (χ2n) is 16.9. The van der Waals surface area contributed by atoms with Gasteiger partial charge in [-0.15, -0.1) is 0 Å². The predicted octanol–water partition coefficient (Wildman–Crippen LogP) is 14.8. The van der Waals surface area contributed by atoms with E-state index in [9.17, 15) is 0 Å². The molecule has 63 heavy (non-hydrogen) atoms. The molecule has 3 heterocycles. The minimum atomic E-state index is -0.199. The monoisotopic (exact) mass is 809 g/mol. The zero-order valence-corrected chi connectivity index (χ0v) is 34.8. The molecule has 1 aliphatic carbocycles. The van der Waals surface area contributed by atoms with Gasteiger partial charge in [-0.2, -0.15) is 0 Å². The molecular weight excluding hydrogens is 767 g/mol. The van der Waals surface area contributed by atoms with Crippen LogP contribution in [0.25, 0.3) is 49.8 Å². The number of fused-ring (bicyclic) bond motifs is 6. The summed E-state index contributed by atoms with van der Waals surface area (Å²) in [6.45, 7) is 2.26. The average Bonchev–Trinajstić information content (AvgIpc) is 3.90. The fourth-order valence-corrected chi connectivity index (χ4v) is 10.1. The molecule has 0 N–H and O–H groups in total. The van der Waals surface area contributed by atoms with Crippen LogP contribution in [-0.2, 0) is 0 Å². The first-order chi connectivity index (χ1) is 31.1. The van der Waals surface area contributed by atoms with Crippen LogP contribution in [0.4, 0.5) is 11.4 Å². The maximum atomic E-state index is 6.88. The highest BCUT2D eigenvalue weighted by molar-refractivity contribution is 6.16. The van der Waals surface area contributed by atoms with Gasteiger partial charge in [-0.1, -0.05) is 189 Å². The molecule has 4 nitrogen and oxygen atoms in total. The molecule has 2 aliphatic heterocycles. The first-order valence-electron chi connectivity index (χ1n) is 21.9. The lowest BCUT2D eigenvalue weighted by Gasteiger charge is -2.30. The van der Waals surface area contributed by atoms with E-state index in [1.165, 1.54) is 39.1 Å². The zero-order valence-electron chi connectivity index (χ0n) is 34.8. The Morgan fingerprint density at radius 1 is 0.508 bits per heavy atom. The van der Waals surface area contributed by atoms with Crippen LogP contribution in [0.3, 0.4) is 0 Å². The Morgan fingerprint density at radius 3 is 1.87 bits per heavy atom. The van der Waals surface area contributed by atoms with Gasteiger partial charge in [0.2, 0.25) is 0 Å². The Bertz CT molecular complexity index is 3310. The number of hydrogen-bond donors (Lipinski definition) is 0. The van der Waals surface area contributed by atoms with E-state index < -0.39 is 0 Å². The molecule has 4 heteroatoms. The van der Waals surface area contributed by atoms with Crippen molar-refractivity contribution in [1.82, 2.24) is 0 Å². The van der Waals surface area contributed by atoms with Gasteiger partial charge in [0.15, 0.2) is 5.84 Å². The fourth-order valence-electron chi connectivity index (χ4n) is 10.1. The molecule has 8 aromatic carbocycles. The van der Waals surface area contributed by atoms with Gasteiger partial charge in [0, 0.05) is 45.6 Å². The third-order valence-electron chi connectivity index (χ3n) is 13.2. The van der Waals surface area contributed by atoms with Crippen molar-refractivity contribution in [1.29, 1.82) is 0 Å². The van der Waals surface area contributed by atoms with Gasteiger partial charge in [-0.3, -0.25) is 4.99 Å². The number of rotatable bonds is 7. The van der Waals surface area contributed by atoms with Gasteiger partial charge in [-0.05, 0) is 80.4 Å². The largest absolute Gasteiger partial charge is 0.456 e. The van der Waals surface area contributed by atoms with Crippen LogP contribution in [0.2, 0.25) is 0 Å². The summed E-state index contributed by atoms with van der Waals surface area (Å²) in [5, 5.41) is 2.19. The minimum Gasteiger partial charge on any atom is -0.456 e. The smallest absolute Gasteiger partial charge is 0.155 e. The van der Waals surface area contributed by atoms with Crippen LogP contribution in [0.15, 0.2) is 233 Å². The van der Waals surface area contributed by atoms with Gasteiger partial charge in [0.25, 0.3) is 0 Å². The Kier molecular flexibility index (Phi) is 8.96. The van der Waals surface area contributed by atoms with Crippen molar-refractivity contribution in [2.24, 2.45) is 15.9 Å². The number of amidine groups is 1. The molecule has 9 aromatic rings. The second kappa shape index (κ2) is 15.3. The van der Waals surface area contributed by atoms with E-state index in [4.69, 9.17) is 14.4 Å². The Hall–Kier alpha value is -7.82. The molecule has 1 aromatic heterocycles.